The number of hydrogen-bond acceptors (Lipinski definition) is 5. The standard InChI is InChI=1S/C44H51N3O4/c1-47(27-30-6-3-2-4-7-30)28-40-22-41(37-12-10-31(29-48)11-13-37)51-42(50-40)38-16-14-36(15-17-38)39-9-5-8-32(21-39)26-45-43(49)46-44-23-33-18-34(24-44)20-35(19-33)25-44/h2-17,21,33-35,40-42,48H,18-20,22-29H2,1H3,(H2,45,46,49)/t33?,34?,35?,40-,41+,42+,44?/m0/s1. The van der Waals surface area contributed by atoms with Gasteiger partial charge in [0.15, 0.2) is 6.29 Å². The van der Waals surface area contributed by atoms with Crippen molar-refractivity contribution in [3.8, 4) is 11.1 Å². The highest BCUT2D eigenvalue weighted by Gasteiger charge is 2.51. The van der Waals surface area contributed by atoms with Crippen molar-refractivity contribution in [3.63, 3.8) is 0 Å². The largest absolute Gasteiger partial charge is 0.392 e. The highest BCUT2D eigenvalue weighted by atomic mass is 16.7. The van der Waals surface area contributed by atoms with Crippen LogP contribution in [0.2, 0.25) is 0 Å². The number of likely N-dealkylation sites (N-methyl/N-ethyl adjacent to an activating group) is 1. The number of ether oxygens (including phenoxy) is 2. The Morgan fingerprint density at radius 1 is 0.745 bits per heavy atom. The fourth-order valence-electron chi connectivity index (χ4n) is 9.76. The first-order valence-electron chi connectivity index (χ1n) is 18.9. The molecule has 0 spiro atoms. The maximum Gasteiger partial charge on any atom is 0.315 e. The topological polar surface area (TPSA) is 83.1 Å². The molecule has 4 aliphatic carbocycles. The Balaban J connectivity index is 0.920. The molecule has 4 aromatic rings. The number of carbonyl (C=O) groups is 1. The second-order valence-electron chi connectivity index (χ2n) is 15.9. The monoisotopic (exact) mass is 685 g/mol. The number of urea groups is 1. The van der Waals surface area contributed by atoms with Crippen LogP contribution in [0, 0.1) is 17.8 Å². The van der Waals surface area contributed by atoms with E-state index in [1.54, 1.807) is 0 Å². The Morgan fingerprint density at radius 3 is 2.10 bits per heavy atom. The Labute approximate surface area is 302 Å². The summed E-state index contributed by atoms with van der Waals surface area (Å²) in [5.74, 6) is 2.40. The van der Waals surface area contributed by atoms with Crippen LogP contribution in [0.3, 0.4) is 0 Å². The predicted molar refractivity (Wildman–Crippen MR) is 199 cm³/mol. The highest BCUT2D eigenvalue weighted by molar-refractivity contribution is 5.75. The van der Waals surface area contributed by atoms with Gasteiger partial charge in [0.1, 0.15) is 0 Å². The van der Waals surface area contributed by atoms with Crippen LogP contribution in [0.1, 0.15) is 85.2 Å². The van der Waals surface area contributed by atoms with Gasteiger partial charge >= 0.3 is 6.03 Å². The Bertz CT molecular complexity index is 1740. The summed E-state index contributed by atoms with van der Waals surface area (Å²) >= 11 is 0. The van der Waals surface area contributed by atoms with Crippen LogP contribution in [0.25, 0.3) is 11.1 Å². The van der Waals surface area contributed by atoms with Gasteiger partial charge in [-0.3, -0.25) is 4.90 Å². The molecule has 3 N–H and O–H groups in total. The minimum atomic E-state index is -0.506. The molecule has 0 radical (unpaired) electrons. The number of aliphatic hydroxyl groups excluding tert-OH is 1. The van der Waals surface area contributed by atoms with Crippen molar-refractivity contribution in [2.45, 2.75) is 88.7 Å². The lowest BCUT2D eigenvalue weighted by molar-refractivity contribution is -0.252. The van der Waals surface area contributed by atoms with Gasteiger partial charge in [0.05, 0.1) is 18.8 Å². The smallest absolute Gasteiger partial charge is 0.315 e. The van der Waals surface area contributed by atoms with Gasteiger partial charge in [0.25, 0.3) is 0 Å². The van der Waals surface area contributed by atoms with E-state index in [1.165, 1.54) is 24.8 Å². The quantitative estimate of drug-likeness (QED) is 0.148. The molecule has 4 bridgehead atoms. The zero-order valence-electron chi connectivity index (χ0n) is 29.7. The molecule has 7 nitrogen and oxygen atoms in total. The fraction of sp³-hybridized carbons (Fsp3) is 0.432. The molecular weight excluding hydrogens is 635 g/mol. The summed E-state index contributed by atoms with van der Waals surface area (Å²) in [7, 11) is 2.14. The van der Waals surface area contributed by atoms with Gasteiger partial charge in [-0.25, -0.2) is 4.79 Å². The number of nitrogens with one attached hydrogen (secondary N) is 2. The van der Waals surface area contributed by atoms with Gasteiger partial charge in [-0.2, -0.15) is 0 Å². The zero-order valence-corrected chi connectivity index (χ0v) is 29.7. The van der Waals surface area contributed by atoms with E-state index in [2.05, 4.69) is 108 Å². The molecule has 0 aromatic heterocycles. The first-order valence-corrected chi connectivity index (χ1v) is 18.9. The van der Waals surface area contributed by atoms with Crippen molar-refractivity contribution in [2.24, 2.45) is 17.8 Å². The number of hydrogen-bond donors (Lipinski definition) is 3. The summed E-state index contributed by atoms with van der Waals surface area (Å²) in [6.07, 6.45) is 7.64. The lowest BCUT2D eigenvalue weighted by atomic mass is 9.53. The first kappa shape index (κ1) is 34.1. The molecule has 0 unspecified atom stereocenters. The predicted octanol–water partition coefficient (Wildman–Crippen LogP) is 8.29. The molecule has 9 rings (SSSR count). The van der Waals surface area contributed by atoms with Gasteiger partial charge in [0.2, 0.25) is 0 Å². The van der Waals surface area contributed by atoms with E-state index in [4.69, 9.17) is 9.47 Å². The van der Waals surface area contributed by atoms with Crippen molar-refractivity contribution >= 4 is 6.03 Å². The lowest BCUT2D eigenvalue weighted by Gasteiger charge is -2.56. The Morgan fingerprint density at radius 2 is 1.41 bits per heavy atom. The van der Waals surface area contributed by atoms with E-state index in [1.807, 2.05) is 18.2 Å². The lowest BCUT2D eigenvalue weighted by Crippen LogP contribution is -2.61. The van der Waals surface area contributed by atoms with Crippen LogP contribution in [0.5, 0.6) is 0 Å². The van der Waals surface area contributed by atoms with E-state index in [0.717, 1.165) is 89.9 Å². The van der Waals surface area contributed by atoms with Crippen LogP contribution >= 0.6 is 0 Å². The summed E-state index contributed by atoms with van der Waals surface area (Å²) in [5.41, 5.74) is 7.52. The van der Waals surface area contributed by atoms with Gasteiger partial charge in [-0.15, -0.1) is 0 Å². The number of carbonyl (C=O) groups excluding carboxylic acids is 1. The zero-order chi connectivity index (χ0) is 34.8. The van der Waals surface area contributed by atoms with Crippen molar-refractivity contribution in [1.82, 2.24) is 15.5 Å². The molecule has 1 heterocycles. The number of aliphatic hydroxyl groups is 1. The molecule has 1 saturated heterocycles. The van der Waals surface area contributed by atoms with E-state index in [-0.39, 0.29) is 30.4 Å². The number of benzene rings is 4. The van der Waals surface area contributed by atoms with Gasteiger partial charge in [0, 0.05) is 37.2 Å². The van der Waals surface area contributed by atoms with Crippen molar-refractivity contribution in [3.05, 3.63) is 131 Å². The molecule has 5 aliphatic rings. The third kappa shape index (κ3) is 8.07. The summed E-state index contributed by atoms with van der Waals surface area (Å²) in [6, 6.07) is 35.4. The molecule has 2 amide bonds. The van der Waals surface area contributed by atoms with Crippen LogP contribution in [0.4, 0.5) is 4.79 Å². The van der Waals surface area contributed by atoms with Crippen molar-refractivity contribution in [1.29, 1.82) is 0 Å². The van der Waals surface area contributed by atoms with Crippen molar-refractivity contribution in [2.75, 3.05) is 13.6 Å². The first-order chi connectivity index (χ1) is 24.9. The Hall–Kier alpha value is -4.01. The normalized spacial score (nSPS) is 28.1. The number of rotatable bonds is 11. The molecule has 51 heavy (non-hydrogen) atoms. The van der Waals surface area contributed by atoms with E-state index in [0.29, 0.717) is 6.54 Å². The Kier molecular flexibility index (Phi) is 9.97. The van der Waals surface area contributed by atoms with Crippen LogP contribution < -0.4 is 10.6 Å². The summed E-state index contributed by atoms with van der Waals surface area (Å²) in [6.45, 7) is 2.14. The molecule has 4 aromatic carbocycles. The molecule has 7 heteroatoms. The number of amides is 2. The van der Waals surface area contributed by atoms with Crippen molar-refractivity contribution < 1.29 is 19.4 Å². The molecule has 5 fully saturated rings. The van der Waals surface area contributed by atoms with E-state index in [9.17, 15) is 9.90 Å². The third-order valence-corrected chi connectivity index (χ3v) is 11.7. The van der Waals surface area contributed by atoms with Crippen LogP contribution in [0.15, 0.2) is 103 Å². The van der Waals surface area contributed by atoms with E-state index >= 15 is 0 Å². The second-order valence-corrected chi connectivity index (χ2v) is 15.9. The van der Waals surface area contributed by atoms with E-state index < -0.39 is 6.29 Å². The summed E-state index contributed by atoms with van der Waals surface area (Å²) in [5, 5.41) is 16.2. The van der Waals surface area contributed by atoms with Gasteiger partial charge in [-0.1, -0.05) is 97.1 Å². The second kappa shape index (κ2) is 14.9. The van der Waals surface area contributed by atoms with Crippen LogP contribution in [-0.4, -0.2) is 41.3 Å². The summed E-state index contributed by atoms with van der Waals surface area (Å²) < 4.78 is 13.3. The van der Waals surface area contributed by atoms with Crippen LogP contribution in [-0.2, 0) is 29.2 Å². The minimum Gasteiger partial charge on any atom is -0.392 e. The molecule has 4 saturated carbocycles. The SMILES string of the molecule is CN(Cc1ccccc1)C[C@@H]1C[C@H](c2ccc(CO)cc2)O[C@H](c2ccc(-c3cccc(CNC(=O)NC45CC6CC(CC(C6)C4)C5)c3)cc2)O1. The maximum absolute atomic E-state index is 13.1. The fourth-order valence-corrected chi connectivity index (χ4v) is 9.76. The third-order valence-electron chi connectivity index (χ3n) is 11.7. The minimum absolute atomic E-state index is 0.0108. The molecule has 266 valence electrons. The maximum atomic E-state index is 13.1. The average Bonchev–Trinajstić information content (AvgIpc) is 3.14. The molecular formula is C44H51N3O4. The highest BCUT2D eigenvalue weighted by Crippen LogP contribution is 2.55. The number of nitrogens with zero attached hydrogens (tertiary/aromatic N) is 1. The summed E-state index contributed by atoms with van der Waals surface area (Å²) in [4.78, 5) is 15.4. The average molecular weight is 686 g/mol. The molecule has 1 aliphatic heterocycles. The van der Waals surface area contributed by atoms with Gasteiger partial charge < -0.3 is 25.2 Å². The molecule has 3 atom stereocenters. The van der Waals surface area contributed by atoms with Gasteiger partial charge in [-0.05, 0) is 103 Å².